The third kappa shape index (κ3) is 6.16. The van der Waals surface area contributed by atoms with Gasteiger partial charge in [-0.2, -0.15) is 0 Å². The zero-order valence-corrected chi connectivity index (χ0v) is 26.6. The van der Waals surface area contributed by atoms with Crippen LogP contribution in [0.3, 0.4) is 0 Å². The zero-order chi connectivity index (χ0) is 29.0. The Labute approximate surface area is 249 Å². The van der Waals surface area contributed by atoms with Crippen molar-refractivity contribution in [2.24, 2.45) is 29.1 Å². The lowest BCUT2D eigenvalue weighted by Crippen LogP contribution is -2.50. The average molecular weight is 572 g/mol. The monoisotopic (exact) mass is 571 g/mol. The number of fused-ring (bicyclic) bond motifs is 4. The standard InChI is InChI=1S/C35H57NO5/c1-6-13-34(4)27(12-17-37)9-10-29-28-11-14-35(24-25(2)30(28)23-31(29)34)26(3)33-32(41-35)8-7-15-36(33)16-18-39-21-22-40-20-19-38-5/h12,17,26,28-29,31-33H,6-11,13-16,18-24H2,1-5H3/b27-12-. The first-order chi connectivity index (χ1) is 19.9. The van der Waals surface area contributed by atoms with Crippen LogP contribution < -0.4 is 0 Å². The van der Waals surface area contributed by atoms with Gasteiger partial charge in [-0.05, 0) is 101 Å². The smallest absolute Gasteiger partial charge is 0.142 e. The topological polar surface area (TPSA) is 57.2 Å². The Kier molecular flexibility index (Phi) is 10.5. The maximum atomic E-state index is 11.5. The summed E-state index contributed by atoms with van der Waals surface area (Å²) in [5.41, 5.74) is 4.93. The minimum Gasteiger partial charge on any atom is -0.382 e. The summed E-state index contributed by atoms with van der Waals surface area (Å²) in [6.07, 6.45) is 15.2. The van der Waals surface area contributed by atoms with Crippen LogP contribution in [0.4, 0.5) is 0 Å². The molecule has 6 nitrogen and oxygen atoms in total. The molecule has 0 radical (unpaired) electrons. The number of aldehydes is 1. The van der Waals surface area contributed by atoms with Crippen LogP contribution in [0.15, 0.2) is 22.8 Å². The van der Waals surface area contributed by atoms with E-state index in [1.54, 1.807) is 18.3 Å². The van der Waals surface area contributed by atoms with Gasteiger partial charge in [0.25, 0.3) is 0 Å². The van der Waals surface area contributed by atoms with Gasteiger partial charge < -0.3 is 18.9 Å². The summed E-state index contributed by atoms with van der Waals surface area (Å²) in [6, 6.07) is 0.493. The molecular weight excluding hydrogens is 514 g/mol. The molecule has 3 aliphatic carbocycles. The number of hydrogen-bond acceptors (Lipinski definition) is 6. The molecule has 4 fully saturated rings. The molecular formula is C35H57NO5. The maximum Gasteiger partial charge on any atom is 0.142 e. The number of likely N-dealkylation sites (tertiary alicyclic amines) is 1. The van der Waals surface area contributed by atoms with Crippen LogP contribution in [-0.2, 0) is 23.7 Å². The highest BCUT2D eigenvalue weighted by Gasteiger charge is 2.58. The van der Waals surface area contributed by atoms with Crippen LogP contribution in [-0.4, -0.2) is 82.2 Å². The van der Waals surface area contributed by atoms with E-state index in [0.29, 0.717) is 56.3 Å². The molecule has 2 heterocycles. The highest BCUT2D eigenvalue weighted by molar-refractivity contribution is 5.66. The second kappa shape index (κ2) is 13.7. The third-order valence-corrected chi connectivity index (χ3v) is 12.0. The van der Waals surface area contributed by atoms with Crippen LogP contribution in [0.25, 0.3) is 0 Å². The molecule has 0 N–H and O–H groups in total. The number of piperidine rings is 1. The lowest BCUT2D eigenvalue weighted by molar-refractivity contribution is -0.104. The fourth-order valence-electron chi connectivity index (χ4n) is 10.1. The minimum absolute atomic E-state index is 0.0329. The SMILES string of the molecule is CCCC1(C)/C(=C\C=O)CCC2C3CCC4(CC(C)=C3CC21)OC1CCCN(CCOCCOCCOC)C1C4C. The molecule has 41 heavy (non-hydrogen) atoms. The second-order valence-corrected chi connectivity index (χ2v) is 14.0. The number of nitrogens with zero attached hydrogens (tertiary/aromatic N) is 1. The van der Waals surface area contributed by atoms with E-state index in [1.807, 2.05) is 6.08 Å². The van der Waals surface area contributed by atoms with Crippen molar-refractivity contribution in [1.29, 1.82) is 0 Å². The van der Waals surface area contributed by atoms with Gasteiger partial charge in [0.05, 0.1) is 44.7 Å². The summed E-state index contributed by atoms with van der Waals surface area (Å²) < 4.78 is 23.7. The Bertz CT molecular complexity index is 962. The Hall–Kier alpha value is -1.05. The molecule has 0 aromatic carbocycles. The van der Waals surface area contributed by atoms with E-state index in [-0.39, 0.29) is 11.0 Å². The van der Waals surface area contributed by atoms with Crippen LogP contribution >= 0.6 is 0 Å². The van der Waals surface area contributed by atoms with Crippen molar-refractivity contribution < 1.29 is 23.7 Å². The Morgan fingerprint density at radius 2 is 1.88 bits per heavy atom. The lowest BCUT2D eigenvalue weighted by Gasteiger charge is -2.47. The minimum atomic E-state index is -0.0329. The maximum absolute atomic E-state index is 11.5. The number of rotatable bonds is 12. The van der Waals surface area contributed by atoms with E-state index in [2.05, 4.69) is 32.6 Å². The van der Waals surface area contributed by atoms with Crippen molar-refractivity contribution in [3.63, 3.8) is 0 Å². The van der Waals surface area contributed by atoms with E-state index < -0.39 is 0 Å². The molecule has 8 unspecified atom stereocenters. The molecule has 5 rings (SSSR count). The quantitative estimate of drug-likeness (QED) is 0.117. The van der Waals surface area contributed by atoms with E-state index in [4.69, 9.17) is 18.9 Å². The van der Waals surface area contributed by atoms with Crippen LogP contribution in [0.5, 0.6) is 0 Å². The normalized spacial score (nSPS) is 40.1. The summed E-state index contributed by atoms with van der Waals surface area (Å²) in [5, 5.41) is 0. The van der Waals surface area contributed by atoms with Crippen LogP contribution in [0, 0.1) is 29.1 Å². The number of carbonyl (C=O) groups excluding carboxylic acids is 1. The predicted octanol–water partition coefficient (Wildman–Crippen LogP) is 6.38. The Balaban J connectivity index is 1.25. The van der Waals surface area contributed by atoms with Gasteiger partial charge in [-0.15, -0.1) is 0 Å². The number of methoxy groups -OCH3 is 1. The molecule has 5 aliphatic rings. The first kappa shape index (κ1) is 31.4. The first-order valence-corrected chi connectivity index (χ1v) is 16.8. The molecule has 8 atom stereocenters. The van der Waals surface area contributed by atoms with Gasteiger partial charge in [-0.25, -0.2) is 0 Å². The van der Waals surface area contributed by atoms with Gasteiger partial charge >= 0.3 is 0 Å². The number of ether oxygens (including phenoxy) is 4. The van der Waals surface area contributed by atoms with E-state index in [0.717, 1.165) is 44.7 Å². The molecule has 232 valence electrons. The van der Waals surface area contributed by atoms with Gasteiger partial charge in [0.1, 0.15) is 6.29 Å². The molecule has 0 aromatic heterocycles. The zero-order valence-electron chi connectivity index (χ0n) is 26.6. The third-order valence-electron chi connectivity index (χ3n) is 12.0. The predicted molar refractivity (Wildman–Crippen MR) is 163 cm³/mol. The summed E-state index contributed by atoms with van der Waals surface area (Å²) in [7, 11) is 1.70. The van der Waals surface area contributed by atoms with Crippen molar-refractivity contribution in [2.45, 2.75) is 110 Å². The van der Waals surface area contributed by atoms with Gasteiger partial charge in [0.2, 0.25) is 0 Å². The summed E-state index contributed by atoms with van der Waals surface area (Å²) in [6.45, 7) is 15.1. The number of allylic oxidation sites excluding steroid dienone is 3. The average Bonchev–Trinajstić information content (AvgIpc) is 3.42. The molecule has 2 saturated heterocycles. The number of carbonyl (C=O) groups is 1. The number of hydrogen-bond donors (Lipinski definition) is 0. The molecule has 0 bridgehead atoms. The molecule has 2 aliphatic heterocycles. The first-order valence-electron chi connectivity index (χ1n) is 16.8. The van der Waals surface area contributed by atoms with Gasteiger partial charge in [0.15, 0.2) is 0 Å². The Morgan fingerprint density at radius 3 is 2.63 bits per heavy atom. The van der Waals surface area contributed by atoms with Crippen molar-refractivity contribution in [3.05, 3.63) is 22.8 Å². The molecule has 0 aromatic rings. The largest absolute Gasteiger partial charge is 0.382 e. The fourth-order valence-corrected chi connectivity index (χ4v) is 10.1. The summed E-state index contributed by atoms with van der Waals surface area (Å²) >= 11 is 0. The van der Waals surface area contributed by atoms with Gasteiger partial charge in [-0.3, -0.25) is 9.69 Å². The van der Waals surface area contributed by atoms with Crippen molar-refractivity contribution in [2.75, 3.05) is 53.2 Å². The lowest BCUT2D eigenvalue weighted by atomic mass is 9.58. The fraction of sp³-hybridized carbons (Fsp3) is 0.857. The van der Waals surface area contributed by atoms with E-state index in [9.17, 15) is 4.79 Å². The van der Waals surface area contributed by atoms with E-state index in [1.165, 1.54) is 56.9 Å². The van der Waals surface area contributed by atoms with Crippen molar-refractivity contribution in [1.82, 2.24) is 4.90 Å². The van der Waals surface area contributed by atoms with Crippen LogP contribution in [0.1, 0.15) is 91.9 Å². The highest BCUT2D eigenvalue weighted by atomic mass is 16.5. The highest BCUT2D eigenvalue weighted by Crippen LogP contribution is 2.63. The molecule has 6 heteroatoms. The molecule has 1 spiro atoms. The molecule has 2 saturated carbocycles. The van der Waals surface area contributed by atoms with Crippen LogP contribution in [0.2, 0.25) is 0 Å². The van der Waals surface area contributed by atoms with Crippen molar-refractivity contribution in [3.8, 4) is 0 Å². The summed E-state index contributed by atoms with van der Waals surface area (Å²) in [5.74, 6) is 2.65. The van der Waals surface area contributed by atoms with Gasteiger partial charge in [0, 0.05) is 25.6 Å². The Morgan fingerprint density at radius 1 is 1.10 bits per heavy atom. The van der Waals surface area contributed by atoms with Crippen molar-refractivity contribution >= 4 is 6.29 Å². The van der Waals surface area contributed by atoms with Gasteiger partial charge in [-0.1, -0.05) is 43.9 Å². The van der Waals surface area contributed by atoms with E-state index >= 15 is 0 Å². The second-order valence-electron chi connectivity index (χ2n) is 14.0. The summed E-state index contributed by atoms with van der Waals surface area (Å²) in [4.78, 5) is 14.2. The molecule has 0 amide bonds.